The van der Waals surface area contributed by atoms with Gasteiger partial charge >= 0.3 is 0 Å². The molecule has 0 bridgehead atoms. The van der Waals surface area contributed by atoms with Crippen molar-refractivity contribution in [1.29, 1.82) is 0 Å². The number of anilines is 2. The van der Waals surface area contributed by atoms with Gasteiger partial charge in [-0.3, -0.25) is 14.4 Å². The molecule has 0 unspecified atom stereocenters. The van der Waals surface area contributed by atoms with Crippen LogP contribution in [0.25, 0.3) is 0 Å². The highest BCUT2D eigenvalue weighted by molar-refractivity contribution is 6.31. The van der Waals surface area contributed by atoms with Crippen LogP contribution >= 0.6 is 11.6 Å². The van der Waals surface area contributed by atoms with Gasteiger partial charge in [-0.15, -0.1) is 0 Å². The average Bonchev–Trinajstić information content (AvgIpc) is 3.23. The van der Waals surface area contributed by atoms with E-state index in [2.05, 4.69) is 10.6 Å². The number of nitrogens with one attached hydrogen (secondary N) is 2. The van der Waals surface area contributed by atoms with Crippen LogP contribution in [0.4, 0.5) is 11.4 Å². The van der Waals surface area contributed by atoms with Crippen LogP contribution in [0.15, 0.2) is 72.8 Å². The van der Waals surface area contributed by atoms with Crippen LogP contribution in [-0.4, -0.2) is 30.8 Å². The second-order valence-corrected chi connectivity index (χ2v) is 8.72. The molecule has 0 aromatic heterocycles. The Hall–Kier alpha value is -3.64. The van der Waals surface area contributed by atoms with Crippen LogP contribution in [-0.2, 0) is 16.0 Å². The van der Waals surface area contributed by atoms with E-state index in [-0.39, 0.29) is 30.7 Å². The van der Waals surface area contributed by atoms with Crippen LogP contribution in [0.5, 0.6) is 0 Å². The van der Waals surface area contributed by atoms with E-state index in [9.17, 15) is 14.4 Å². The van der Waals surface area contributed by atoms with E-state index in [0.29, 0.717) is 34.9 Å². The summed E-state index contributed by atoms with van der Waals surface area (Å²) in [4.78, 5) is 40.1. The number of carbonyl (C=O) groups excluding carboxylic acids is 3. The molecule has 1 fully saturated rings. The molecule has 1 aliphatic rings. The first kappa shape index (κ1) is 23.5. The second kappa shape index (κ2) is 10.5. The molecule has 0 radical (unpaired) electrons. The lowest BCUT2D eigenvalue weighted by Gasteiger charge is -2.20. The summed E-state index contributed by atoms with van der Waals surface area (Å²) >= 11 is 6.21. The van der Waals surface area contributed by atoms with Crippen molar-refractivity contribution in [2.24, 2.45) is 5.92 Å². The summed E-state index contributed by atoms with van der Waals surface area (Å²) in [7, 11) is 0. The van der Waals surface area contributed by atoms with Crippen molar-refractivity contribution in [1.82, 2.24) is 5.32 Å². The number of hydrogen-bond donors (Lipinski definition) is 2. The van der Waals surface area contributed by atoms with Crippen molar-refractivity contribution in [3.8, 4) is 0 Å². The zero-order chi connectivity index (χ0) is 24.1. The smallest absolute Gasteiger partial charge is 0.253 e. The van der Waals surface area contributed by atoms with Gasteiger partial charge in [0, 0.05) is 30.2 Å². The van der Waals surface area contributed by atoms with Crippen LogP contribution in [0.1, 0.15) is 27.9 Å². The fourth-order valence-corrected chi connectivity index (χ4v) is 4.26. The number of benzene rings is 3. The maximum Gasteiger partial charge on any atom is 0.253 e. The van der Waals surface area contributed by atoms with Gasteiger partial charge in [-0.05, 0) is 48.7 Å². The molecule has 3 aromatic carbocycles. The molecule has 7 heteroatoms. The molecule has 1 aliphatic heterocycles. The predicted octanol–water partition coefficient (Wildman–Crippen LogP) is 4.61. The highest BCUT2D eigenvalue weighted by atomic mass is 35.5. The van der Waals surface area contributed by atoms with Gasteiger partial charge in [-0.25, -0.2) is 0 Å². The zero-order valence-electron chi connectivity index (χ0n) is 18.9. The van der Waals surface area contributed by atoms with Crippen LogP contribution in [0.3, 0.4) is 0 Å². The van der Waals surface area contributed by atoms with Crippen molar-refractivity contribution < 1.29 is 14.4 Å². The van der Waals surface area contributed by atoms with Gasteiger partial charge in [-0.2, -0.15) is 0 Å². The number of nitrogens with zero attached hydrogens (tertiary/aromatic N) is 1. The number of amides is 3. The summed E-state index contributed by atoms with van der Waals surface area (Å²) in [6.07, 6.45) is 0.813. The minimum atomic E-state index is -0.528. The summed E-state index contributed by atoms with van der Waals surface area (Å²) in [6.45, 7) is 2.60. The molecule has 0 saturated carbocycles. The molecule has 174 valence electrons. The van der Waals surface area contributed by atoms with Gasteiger partial charge in [0.25, 0.3) is 5.91 Å². The molecule has 34 heavy (non-hydrogen) atoms. The summed E-state index contributed by atoms with van der Waals surface area (Å²) in [5.74, 6) is -1.21. The van der Waals surface area contributed by atoms with E-state index >= 15 is 0 Å². The Labute approximate surface area is 203 Å². The Morgan fingerprint density at radius 1 is 1.00 bits per heavy atom. The Bertz CT molecular complexity index is 1210. The standard InChI is InChI=1S/C27H26ClN3O3/c1-18-22(28)11-7-13-24(18)31-17-20(16-25(31)32)26(33)30-23-12-6-5-10-21(23)27(34)29-15-14-19-8-3-2-4-9-19/h2-13,20H,14-17H2,1H3,(H,29,34)(H,30,33)/t20-/m1/s1. The maximum absolute atomic E-state index is 13.0. The van der Waals surface area contributed by atoms with Gasteiger partial charge in [0.1, 0.15) is 0 Å². The third kappa shape index (κ3) is 5.29. The number of rotatable bonds is 7. The molecule has 3 aromatic rings. The highest BCUT2D eigenvalue weighted by Crippen LogP contribution is 2.32. The van der Waals surface area contributed by atoms with E-state index in [1.54, 1.807) is 41.3 Å². The van der Waals surface area contributed by atoms with Gasteiger partial charge in [-0.1, -0.05) is 60.1 Å². The molecule has 0 aliphatic carbocycles. The van der Waals surface area contributed by atoms with Crippen LogP contribution < -0.4 is 15.5 Å². The topological polar surface area (TPSA) is 78.5 Å². The predicted molar refractivity (Wildman–Crippen MR) is 134 cm³/mol. The monoisotopic (exact) mass is 475 g/mol. The lowest BCUT2D eigenvalue weighted by Crippen LogP contribution is -2.30. The number of halogens is 1. The van der Waals surface area contributed by atoms with E-state index in [4.69, 9.17) is 11.6 Å². The first-order chi connectivity index (χ1) is 16.4. The van der Waals surface area contributed by atoms with Crippen molar-refractivity contribution in [2.75, 3.05) is 23.3 Å². The first-order valence-corrected chi connectivity index (χ1v) is 11.6. The molecule has 0 spiro atoms. The molecule has 1 heterocycles. The summed E-state index contributed by atoms with van der Waals surface area (Å²) < 4.78 is 0. The Kier molecular flexibility index (Phi) is 7.28. The fraction of sp³-hybridized carbons (Fsp3) is 0.222. The minimum absolute atomic E-state index is 0.100. The second-order valence-electron chi connectivity index (χ2n) is 8.32. The van der Waals surface area contributed by atoms with Crippen LogP contribution in [0, 0.1) is 12.8 Å². The quantitative estimate of drug-likeness (QED) is 0.523. The normalized spacial score (nSPS) is 15.3. The first-order valence-electron chi connectivity index (χ1n) is 11.2. The largest absolute Gasteiger partial charge is 0.352 e. The molecular formula is C27H26ClN3O3. The molecule has 2 N–H and O–H groups in total. The van der Waals surface area contributed by atoms with Crippen molar-refractivity contribution in [3.05, 3.63) is 94.5 Å². The van der Waals surface area contributed by atoms with E-state index in [1.807, 2.05) is 43.3 Å². The third-order valence-corrected chi connectivity index (χ3v) is 6.41. The summed E-state index contributed by atoms with van der Waals surface area (Å²) in [6, 6.07) is 22.2. The van der Waals surface area contributed by atoms with E-state index in [1.165, 1.54) is 0 Å². The Balaban J connectivity index is 1.40. The molecule has 4 rings (SSSR count). The third-order valence-electron chi connectivity index (χ3n) is 6.00. The van der Waals surface area contributed by atoms with Gasteiger partial charge < -0.3 is 15.5 Å². The molecule has 1 saturated heterocycles. The summed E-state index contributed by atoms with van der Waals surface area (Å²) in [5.41, 5.74) is 3.46. The van der Waals surface area contributed by atoms with Gasteiger partial charge in [0.05, 0.1) is 17.2 Å². The Morgan fingerprint density at radius 3 is 2.53 bits per heavy atom. The molecular weight excluding hydrogens is 450 g/mol. The number of hydrogen-bond acceptors (Lipinski definition) is 3. The zero-order valence-corrected chi connectivity index (χ0v) is 19.6. The van der Waals surface area contributed by atoms with Gasteiger partial charge in [0.15, 0.2) is 0 Å². The van der Waals surface area contributed by atoms with Crippen LogP contribution in [0.2, 0.25) is 5.02 Å². The fourth-order valence-electron chi connectivity index (χ4n) is 4.09. The van der Waals surface area contributed by atoms with Crippen molar-refractivity contribution in [2.45, 2.75) is 19.8 Å². The van der Waals surface area contributed by atoms with Gasteiger partial charge in [0.2, 0.25) is 11.8 Å². The minimum Gasteiger partial charge on any atom is -0.352 e. The number of para-hydroxylation sites is 1. The highest BCUT2D eigenvalue weighted by Gasteiger charge is 2.36. The molecule has 6 nitrogen and oxygen atoms in total. The SMILES string of the molecule is Cc1c(Cl)cccc1N1C[C@H](C(=O)Nc2ccccc2C(=O)NCCc2ccccc2)CC1=O. The molecule has 3 amide bonds. The average molecular weight is 476 g/mol. The molecule has 1 atom stereocenters. The van der Waals surface area contributed by atoms with Crippen molar-refractivity contribution >= 4 is 40.7 Å². The van der Waals surface area contributed by atoms with E-state index < -0.39 is 5.92 Å². The number of carbonyl (C=O) groups is 3. The van der Waals surface area contributed by atoms with E-state index in [0.717, 1.165) is 11.1 Å². The lowest BCUT2D eigenvalue weighted by atomic mass is 10.1. The Morgan fingerprint density at radius 2 is 1.74 bits per heavy atom. The van der Waals surface area contributed by atoms with Crippen molar-refractivity contribution in [3.63, 3.8) is 0 Å². The summed E-state index contributed by atoms with van der Waals surface area (Å²) in [5, 5.41) is 6.34. The maximum atomic E-state index is 13.0. The lowest BCUT2D eigenvalue weighted by molar-refractivity contribution is -0.122.